The van der Waals surface area contributed by atoms with Crippen LogP contribution in [0.15, 0.2) is 78.2 Å². The van der Waals surface area contributed by atoms with E-state index in [-0.39, 0.29) is 28.6 Å². The summed E-state index contributed by atoms with van der Waals surface area (Å²) < 4.78 is 50.6. The second kappa shape index (κ2) is 12.8. The first-order chi connectivity index (χ1) is 23.1. The number of sulfonamides is 1. The van der Waals surface area contributed by atoms with E-state index in [9.17, 15) is 17.6 Å². The average Bonchev–Trinajstić information content (AvgIpc) is 3.67. The van der Waals surface area contributed by atoms with Crippen LogP contribution in [0.25, 0.3) is 44.6 Å². The summed E-state index contributed by atoms with van der Waals surface area (Å²) >= 11 is 0. The molecule has 1 saturated heterocycles. The van der Waals surface area contributed by atoms with Crippen molar-refractivity contribution in [3.8, 4) is 22.6 Å². The number of ether oxygens (including phenoxy) is 1. The summed E-state index contributed by atoms with van der Waals surface area (Å²) in [6, 6.07) is 12.6. The van der Waals surface area contributed by atoms with E-state index in [1.165, 1.54) is 24.4 Å². The predicted molar refractivity (Wildman–Crippen MR) is 180 cm³/mol. The molecule has 7 rings (SSSR count). The lowest BCUT2D eigenvalue weighted by molar-refractivity contribution is -0.116. The lowest BCUT2D eigenvalue weighted by Gasteiger charge is -2.23. The zero-order chi connectivity index (χ0) is 33.4. The normalized spacial score (nSPS) is 15.3. The Balaban J connectivity index is 1.30. The molecule has 6 aromatic rings. The summed E-state index contributed by atoms with van der Waals surface area (Å²) in [4.78, 5) is 28.8. The number of amides is 1. The number of benzene rings is 2. The van der Waals surface area contributed by atoms with Gasteiger partial charge < -0.3 is 15.0 Å². The number of halogens is 1. The molecule has 48 heavy (non-hydrogen) atoms. The maximum atomic E-state index is 13.8. The van der Waals surface area contributed by atoms with Gasteiger partial charge in [-0.15, -0.1) is 0 Å². The van der Waals surface area contributed by atoms with Gasteiger partial charge >= 0.3 is 0 Å². The van der Waals surface area contributed by atoms with Gasteiger partial charge in [-0.1, -0.05) is 26.0 Å². The number of hydrogen-bond acceptors (Lipinski definition) is 8. The van der Waals surface area contributed by atoms with Gasteiger partial charge in [-0.05, 0) is 67.1 Å². The minimum Gasteiger partial charge on any atom is -0.356 e. The number of nitrogens with zero attached hydrogens (tertiary/aromatic N) is 5. The maximum Gasteiger partial charge on any atom is 0.262 e. The molecule has 1 atom stereocenters. The van der Waals surface area contributed by atoms with Crippen molar-refractivity contribution in [2.24, 2.45) is 5.92 Å². The number of carbonyl (C=O) groups excluding carboxylic acids is 1. The van der Waals surface area contributed by atoms with Gasteiger partial charge in [-0.3, -0.25) is 19.5 Å². The van der Waals surface area contributed by atoms with E-state index in [2.05, 4.69) is 25.0 Å². The van der Waals surface area contributed by atoms with Gasteiger partial charge in [0.05, 0.1) is 45.9 Å². The first-order valence-corrected chi connectivity index (χ1v) is 17.1. The number of carbonyl (C=O) groups is 1. The Morgan fingerprint density at radius 3 is 2.71 bits per heavy atom. The van der Waals surface area contributed by atoms with Crippen LogP contribution < -0.4 is 10.0 Å². The van der Waals surface area contributed by atoms with E-state index in [4.69, 9.17) is 14.8 Å². The van der Waals surface area contributed by atoms with Crippen LogP contribution in [0.5, 0.6) is 0 Å². The van der Waals surface area contributed by atoms with Crippen molar-refractivity contribution in [1.82, 2.24) is 29.7 Å². The van der Waals surface area contributed by atoms with Crippen LogP contribution in [0, 0.1) is 11.7 Å². The summed E-state index contributed by atoms with van der Waals surface area (Å²) in [5.41, 5.74) is 4.54. The first-order valence-electron chi connectivity index (χ1n) is 15.7. The highest BCUT2D eigenvalue weighted by Gasteiger charge is 2.25. The molecule has 3 N–H and O–H groups in total. The van der Waals surface area contributed by atoms with Crippen LogP contribution in [0.3, 0.4) is 0 Å². The fourth-order valence-electron chi connectivity index (χ4n) is 5.84. The summed E-state index contributed by atoms with van der Waals surface area (Å²) in [6.45, 7) is 4.61. The highest BCUT2D eigenvalue weighted by atomic mass is 32.2. The molecule has 1 unspecified atom stereocenters. The van der Waals surface area contributed by atoms with Crippen LogP contribution in [0.4, 0.5) is 15.8 Å². The fraction of sp³-hybridized carbons (Fsp3) is 0.265. The van der Waals surface area contributed by atoms with Gasteiger partial charge in [0.1, 0.15) is 17.0 Å². The molecule has 14 heteroatoms. The molecular weight excluding hydrogens is 635 g/mol. The third-order valence-electron chi connectivity index (χ3n) is 8.05. The fourth-order valence-corrected chi connectivity index (χ4v) is 6.92. The molecule has 0 radical (unpaired) electrons. The zero-order valence-corrected chi connectivity index (χ0v) is 27.1. The van der Waals surface area contributed by atoms with Crippen molar-refractivity contribution in [2.75, 3.05) is 16.6 Å². The maximum absolute atomic E-state index is 13.8. The van der Waals surface area contributed by atoms with E-state index in [1.54, 1.807) is 18.6 Å². The lowest BCUT2D eigenvalue weighted by atomic mass is 10.0. The third kappa shape index (κ3) is 6.36. The molecular formula is C34H33FN8O4S. The lowest BCUT2D eigenvalue weighted by Crippen LogP contribution is -2.19. The molecule has 5 heterocycles. The Kier molecular flexibility index (Phi) is 8.35. The van der Waals surface area contributed by atoms with Gasteiger partial charge in [0.15, 0.2) is 12.1 Å². The molecule has 4 aromatic heterocycles. The summed E-state index contributed by atoms with van der Waals surface area (Å²) in [7, 11) is -4.13. The second-order valence-corrected chi connectivity index (χ2v) is 13.9. The van der Waals surface area contributed by atoms with E-state index in [1.807, 2.05) is 42.8 Å². The summed E-state index contributed by atoms with van der Waals surface area (Å²) in [5.74, 6) is -0.120. The van der Waals surface area contributed by atoms with Crippen LogP contribution in [-0.4, -0.2) is 50.6 Å². The van der Waals surface area contributed by atoms with Crippen LogP contribution in [-0.2, 0) is 19.6 Å². The Bertz CT molecular complexity index is 2260. The number of nitrogens with one attached hydrogen (secondary N) is 3. The molecule has 1 amide bonds. The number of H-pyrrole nitrogens is 1. The Labute approximate surface area is 275 Å². The highest BCUT2D eigenvalue weighted by molar-refractivity contribution is 7.92. The first kappa shape index (κ1) is 31.4. The number of imidazole rings is 1. The molecule has 246 valence electrons. The number of rotatable bonds is 9. The number of anilines is 2. The molecule has 12 nitrogen and oxygen atoms in total. The Morgan fingerprint density at radius 1 is 1.06 bits per heavy atom. The van der Waals surface area contributed by atoms with Crippen molar-refractivity contribution < 1.29 is 22.3 Å². The van der Waals surface area contributed by atoms with E-state index >= 15 is 0 Å². The highest BCUT2D eigenvalue weighted by Crippen LogP contribution is 2.36. The number of aromatic amines is 1. The monoisotopic (exact) mass is 668 g/mol. The molecule has 1 aliphatic heterocycles. The van der Waals surface area contributed by atoms with Crippen molar-refractivity contribution in [3.63, 3.8) is 0 Å². The number of hydrogen-bond donors (Lipinski definition) is 3. The van der Waals surface area contributed by atoms with Crippen LogP contribution >= 0.6 is 0 Å². The second-order valence-electron chi connectivity index (χ2n) is 12.2. The SMILES string of the molecule is CC(C)CC(=O)Nc1cncc(-c2ccc3c(c2)c(-c2nc4c(NS(=O)(=O)c5cccc(F)c5)cncc4[nH]2)nn3C2CCCCO2)c1. The molecule has 0 spiro atoms. The third-order valence-corrected chi connectivity index (χ3v) is 9.42. The van der Waals surface area contributed by atoms with Crippen LogP contribution in [0.2, 0.25) is 0 Å². The zero-order valence-electron chi connectivity index (χ0n) is 26.3. The van der Waals surface area contributed by atoms with Gasteiger partial charge in [0.2, 0.25) is 5.91 Å². The Hall–Kier alpha value is -5.21. The molecule has 0 aliphatic carbocycles. The molecule has 2 aromatic carbocycles. The smallest absolute Gasteiger partial charge is 0.262 e. The topological polar surface area (TPSA) is 157 Å². The van der Waals surface area contributed by atoms with Crippen molar-refractivity contribution in [3.05, 3.63) is 79.1 Å². The molecule has 1 aliphatic rings. The van der Waals surface area contributed by atoms with Gasteiger partial charge in [-0.25, -0.2) is 22.5 Å². The minimum absolute atomic E-state index is 0.0765. The number of aromatic nitrogens is 6. The molecule has 0 saturated carbocycles. The standard InChI is InChI=1S/C34H33FN8O4S/c1-20(2)12-30(44)38-24-13-22(16-36-17-24)21-9-10-29-26(14-21)32(41-43(29)31-8-3-4-11-47-31)34-39-27-18-37-19-28(33(27)40-34)42-48(45,46)25-7-5-6-23(35)15-25/h5-7,9-10,13-20,31,42H,3-4,8,11-12H2,1-2H3,(H,38,44)(H,39,40). The molecule has 1 fully saturated rings. The van der Waals surface area contributed by atoms with E-state index in [0.717, 1.165) is 47.4 Å². The minimum atomic E-state index is -4.13. The van der Waals surface area contributed by atoms with E-state index in [0.29, 0.717) is 41.3 Å². The van der Waals surface area contributed by atoms with E-state index < -0.39 is 15.8 Å². The van der Waals surface area contributed by atoms with Crippen LogP contribution in [0.1, 0.15) is 45.8 Å². The van der Waals surface area contributed by atoms with Crippen molar-refractivity contribution in [1.29, 1.82) is 0 Å². The predicted octanol–water partition coefficient (Wildman–Crippen LogP) is 6.66. The summed E-state index contributed by atoms with van der Waals surface area (Å²) in [5, 5.41) is 8.70. The van der Waals surface area contributed by atoms with Gasteiger partial charge in [0.25, 0.3) is 10.0 Å². The number of pyridine rings is 2. The van der Waals surface area contributed by atoms with Crippen molar-refractivity contribution >= 4 is 49.2 Å². The van der Waals surface area contributed by atoms with Crippen molar-refractivity contribution in [2.45, 2.75) is 50.7 Å². The van der Waals surface area contributed by atoms with Gasteiger partial charge in [0, 0.05) is 30.2 Å². The number of fused-ring (bicyclic) bond motifs is 2. The molecule has 0 bridgehead atoms. The Morgan fingerprint density at radius 2 is 1.92 bits per heavy atom. The average molecular weight is 669 g/mol. The summed E-state index contributed by atoms with van der Waals surface area (Å²) in [6.07, 6.45) is 9.19. The quantitative estimate of drug-likeness (QED) is 0.154. The van der Waals surface area contributed by atoms with Gasteiger partial charge in [-0.2, -0.15) is 5.10 Å². The largest absolute Gasteiger partial charge is 0.356 e.